The molecule has 0 unspecified atom stereocenters. The number of thioether (sulfide) groups is 1. The van der Waals surface area contributed by atoms with Crippen LogP contribution in [0.5, 0.6) is 0 Å². The summed E-state index contributed by atoms with van der Waals surface area (Å²) in [5, 5.41) is 0. The number of allylic oxidation sites excluding steroid dienone is 2. The van der Waals surface area contributed by atoms with Crippen molar-refractivity contribution in [1.82, 2.24) is 4.90 Å². The summed E-state index contributed by atoms with van der Waals surface area (Å²) in [6.45, 7) is 6.26. The molecule has 2 rings (SSSR count). The van der Waals surface area contributed by atoms with Gasteiger partial charge in [-0.3, -0.25) is 4.79 Å². The molecule has 1 aliphatic rings. The zero-order chi connectivity index (χ0) is 12.3. The molecule has 1 heterocycles. The number of Topliss-reactive ketones (excluding diaryl/α,β-unsaturated/α-hetero) is 1. The van der Waals surface area contributed by atoms with E-state index in [1.165, 1.54) is 4.91 Å². The van der Waals surface area contributed by atoms with Crippen molar-refractivity contribution in [3.63, 3.8) is 0 Å². The fourth-order valence-corrected chi connectivity index (χ4v) is 2.80. The van der Waals surface area contributed by atoms with Gasteiger partial charge in [-0.1, -0.05) is 43.0 Å². The number of rotatable bonds is 4. The van der Waals surface area contributed by atoms with Crippen LogP contribution in [0, 0.1) is 0 Å². The lowest BCUT2D eigenvalue weighted by molar-refractivity contribution is 0.0958. The minimum atomic E-state index is 0. The molecule has 0 aromatic heterocycles. The second-order valence-electron chi connectivity index (χ2n) is 3.91. The number of halogens is 1. The van der Waals surface area contributed by atoms with E-state index in [1.54, 1.807) is 11.8 Å². The van der Waals surface area contributed by atoms with Gasteiger partial charge in [0, 0.05) is 16.2 Å². The van der Waals surface area contributed by atoms with E-state index >= 15 is 0 Å². The molecular weight excluding hydrogens is 310 g/mol. The molecule has 1 aliphatic heterocycles. The Labute approximate surface area is 123 Å². The zero-order valence-electron chi connectivity index (χ0n) is 10.3. The van der Waals surface area contributed by atoms with Crippen LogP contribution in [0.15, 0.2) is 53.6 Å². The highest BCUT2D eigenvalue weighted by molar-refractivity contribution is 8.93. The minimum Gasteiger partial charge on any atom is -0.357 e. The normalized spacial score (nSPS) is 14.4. The second-order valence-corrected chi connectivity index (χ2v) is 4.90. The first-order valence-electron chi connectivity index (χ1n) is 5.51. The Balaban J connectivity index is 0.00000162. The van der Waals surface area contributed by atoms with Gasteiger partial charge < -0.3 is 4.90 Å². The SMILES string of the molecule is Br.C=CC1=C(C)N(CC(=O)c2ccccc2)CS1. The zero-order valence-corrected chi connectivity index (χ0v) is 12.8. The summed E-state index contributed by atoms with van der Waals surface area (Å²) in [5.74, 6) is 1.00. The van der Waals surface area contributed by atoms with Crippen molar-refractivity contribution in [3.05, 3.63) is 59.2 Å². The molecule has 0 N–H and O–H groups in total. The highest BCUT2D eigenvalue weighted by Crippen LogP contribution is 2.31. The van der Waals surface area contributed by atoms with E-state index < -0.39 is 0 Å². The van der Waals surface area contributed by atoms with Crippen molar-refractivity contribution in [1.29, 1.82) is 0 Å². The molecule has 2 nitrogen and oxygen atoms in total. The molecule has 96 valence electrons. The molecule has 0 fully saturated rings. The smallest absolute Gasteiger partial charge is 0.182 e. The fraction of sp³-hybridized carbons (Fsp3) is 0.214. The summed E-state index contributed by atoms with van der Waals surface area (Å²) in [4.78, 5) is 15.3. The Kier molecular flexibility index (Phi) is 5.69. The van der Waals surface area contributed by atoms with Crippen molar-refractivity contribution < 1.29 is 4.79 Å². The molecule has 1 aromatic carbocycles. The monoisotopic (exact) mass is 325 g/mol. The molecule has 0 radical (unpaired) electrons. The van der Waals surface area contributed by atoms with Crippen molar-refractivity contribution in [3.8, 4) is 0 Å². The molecule has 18 heavy (non-hydrogen) atoms. The average molecular weight is 326 g/mol. The Hall–Kier alpha value is -1.00. The van der Waals surface area contributed by atoms with Gasteiger partial charge in [0.25, 0.3) is 0 Å². The third-order valence-corrected chi connectivity index (χ3v) is 4.04. The predicted molar refractivity (Wildman–Crippen MR) is 83.2 cm³/mol. The van der Waals surface area contributed by atoms with Crippen molar-refractivity contribution in [2.75, 3.05) is 12.4 Å². The fourth-order valence-electron chi connectivity index (χ4n) is 1.76. The predicted octanol–water partition coefficient (Wildman–Crippen LogP) is 3.87. The van der Waals surface area contributed by atoms with Crippen molar-refractivity contribution in [2.24, 2.45) is 0 Å². The van der Waals surface area contributed by atoms with Gasteiger partial charge in [-0.05, 0) is 6.92 Å². The van der Waals surface area contributed by atoms with Gasteiger partial charge in [0.1, 0.15) is 0 Å². The molecule has 1 aromatic rings. The highest BCUT2D eigenvalue weighted by Gasteiger charge is 2.20. The number of carbonyl (C=O) groups is 1. The quantitative estimate of drug-likeness (QED) is 0.784. The molecular formula is C14H16BrNOS. The summed E-state index contributed by atoms with van der Waals surface area (Å²) in [6.07, 6.45) is 1.85. The van der Waals surface area contributed by atoms with E-state index in [1.807, 2.05) is 43.3 Å². The largest absolute Gasteiger partial charge is 0.357 e. The molecule has 0 bridgehead atoms. The number of ketones is 1. The van der Waals surface area contributed by atoms with E-state index in [4.69, 9.17) is 0 Å². The maximum absolute atomic E-state index is 12.0. The van der Waals surface area contributed by atoms with Gasteiger partial charge in [0.15, 0.2) is 5.78 Å². The Morgan fingerprint density at radius 3 is 2.67 bits per heavy atom. The van der Waals surface area contributed by atoms with Crippen LogP contribution in [0.1, 0.15) is 17.3 Å². The summed E-state index contributed by atoms with van der Waals surface area (Å²) in [7, 11) is 0. The van der Waals surface area contributed by atoms with Gasteiger partial charge in [-0.25, -0.2) is 0 Å². The molecule has 4 heteroatoms. The van der Waals surface area contributed by atoms with Crippen molar-refractivity contribution >= 4 is 34.5 Å². The standard InChI is InChI=1S/C14H15NOS.BrH/c1-3-14-11(2)15(10-17-14)9-13(16)12-7-5-4-6-8-12;/h3-8H,1,9-10H2,2H3;1H. The first-order valence-corrected chi connectivity index (χ1v) is 6.50. The molecule has 0 saturated carbocycles. The van der Waals surface area contributed by atoms with Crippen LogP contribution in [0.3, 0.4) is 0 Å². The van der Waals surface area contributed by atoms with E-state index in [2.05, 4.69) is 11.5 Å². The third-order valence-electron chi connectivity index (χ3n) is 2.82. The molecule has 0 atom stereocenters. The lowest BCUT2D eigenvalue weighted by atomic mass is 10.1. The van der Waals surface area contributed by atoms with E-state index in [9.17, 15) is 4.79 Å². The highest BCUT2D eigenvalue weighted by atomic mass is 79.9. The van der Waals surface area contributed by atoms with Gasteiger partial charge in [0.2, 0.25) is 0 Å². The number of nitrogens with zero attached hydrogens (tertiary/aromatic N) is 1. The first-order chi connectivity index (χ1) is 8.22. The van der Waals surface area contributed by atoms with Gasteiger partial charge in [-0.15, -0.1) is 28.7 Å². The van der Waals surface area contributed by atoms with Crippen LogP contribution in [0.4, 0.5) is 0 Å². The van der Waals surface area contributed by atoms with Gasteiger partial charge in [-0.2, -0.15) is 0 Å². The number of hydrogen-bond acceptors (Lipinski definition) is 3. The number of hydrogen-bond donors (Lipinski definition) is 0. The lowest BCUT2D eigenvalue weighted by Crippen LogP contribution is -2.25. The Morgan fingerprint density at radius 2 is 2.11 bits per heavy atom. The minimum absolute atomic E-state index is 0. The van der Waals surface area contributed by atoms with Crippen LogP contribution < -0.4 is 0 Å². The van der Waals surface area contributed by atoms with Crippen molar-refractivity contribution in [2.45, 2.75) is 6.92 Å². The van der Waals surface area contributed by atoms with E-state index in [0.29, 0.717) is 6.54 Å². The van der Waals surface area contributed by atoms with Gasteiger partial charge >= 0.3 is 0 Å². The maximum Gasteiger partial charge on any atom is 0.182 e. The average Bonchev–Trinajstić information content (AvgIpc) is 2.71. The lowest BCUT2D eigenvalue weighted by Gasteiger charge is -2.17. The van der Waals surface area contributed by atoms with Crippen LogP contribution in [-0.2, 0) is 0 Å². The summed E-state index contributed by atoms with van der Waals surface area (Å²) in [5.41, 5.74) is 1.92. The van der Waals surface area contributed by atoms with Gasteiger partial charge in [0.05, 0.1) is 12.4 Å². The molecule has 0 aliphatic carbocycles. The van der Waals surface area contributed by atoms with E-state index in [-0.39, 0.29) is 22.8 Å². The van der Waals surface area contributed by atoms with Crippen LogP contribution in [0.25, 0.3) is 0 Å². The number of benzene rings is 1. The molecule has 0 spiro atoms. The third kappa shape index (κ3) is 3.27. The Morgan fingerprint density at radius 1 is 1.44 bits per heavy atom. The van der Waals surface area contributed by atoms with Crippen LogP contribution in [-0.4, -0.2) is 23.1 Å². The number of carbonyl (C=O) groups excluding carboxylic acids is 1. The van der Waals surface area contributed by atoms with Crippen LogP contribution in [0.2, 0.25) is 0 Å². The summed E-state index contributed by atoms with van der Waals surface area (Å²) >= 11 is 1.73. The Bertz CT molecular complexity index is 470. The second kappa shape index (κ2) is 6.81. The topological polar surface area (TPSA) is 20.3 Å². The first kappa shape index (κ1) is 15.1. The maximum atomic E-state index is 12.0. The molecule has 0 saturated heterocycles. The summed E-state index contributed by atoms with van der Waals surface area (Å²) < 4.78 is 0. The summed E-state index contributed by atoms with van der Waals surface area (Å²) in [6, 6.07) is 9.43. The van der Waals surface area contributed by atoms with Crippen LogP contribution >= 0.6 is 28.7 Å². The van der Waals surface area contributed by atoms with E-state index in [0.717, 1.165) is 17.1 Å². The molecule has 0 amide bonds.